The Morgan fingerprint density at radius 1 is 0.917 bits per heavy atom. The Morgan fingerprint density at radius 2 is 1.63 bits per heavy atom. The molecule has 0 aromatic heterocycles. The minimum absolute atomic E-state index is 0.0383. The van der Waals surface area contributed by atoms with Crippen molar-refractivity contribution in [2.75, 3.05) is 26.2 Å². The van der Waals surface area contributed by atoms with Gasteiger partial charge in [0.1, 0.15) is 0 Å². The number of ketones is 1. The molecule has 5 saturated carbocycles. The highest BCUT2D eigenvalue weighted by atomic mass is 19.4. The van der Waals surface area contributed by atoms with Crippen molar-refractivity contribution >= 4 is 5.78 Å². The quantitative estimate of drug-likeness (QED) is 0.125. The van der Waals surface area contributed by atoms with E-state index in [0.29, 0.717) is 70.2 Å². The summed E-state index contributed by atoms with van der Waals surface area (Å²) in [6.07, 6.45) is 7.74. The number of halogens is 3. The predicted octanol–water partition coefficient (Wildman–Crippen LogP) is 10.1. The smallest absolute Gasteiger partial charge is 0.393 e. The Bertz CT molecular complexity index is 1980. The highest BCUT2D eigenvalue weighted by molar-refractivity contribution is 6.10. The lowest BCUT2D eigenvalue weighted by molar-refractivity contribution is -0.137. The van der Waals surface area contributed by atoms with Gasteiger partial charge in [0.25, 0.3) is 0 Å². The molecule has 0 spiro atoms. The number of aliphatic hydroxyl groups is 3. The van der Waals surface area contributed by atoms with E-state index in [4.69, 9.17) is 4.74 Å². The molecule has 6 bridgehead atoms. The molecule has 0 unspecified atom stereocenters. The minimum atomic E-state index is -4.60. The second kappa shape index (κ2) is 17.4. The summed E-state index contributed by atoms with van der Waals surface area (Å²) >= 11 is 0. The summed E-state index contributed by atoms with van der Waals surface area (Å²) in [5.41, 5.74) is 1.35. The fourth-order valence-electron chi connectivity index (χ4n) is 12.9. The Balaban J connectivity index is 1.13. The van der Waals surface area contributed by atoms with Crippen LogP contribution in [0.5, 0.6) is 0 Å². The first-order valence-corrected chi connectivity index (χ1v) is 22.5. The maximum absolute atomic E-state index is 14.5. The van der Waals surface area contributed by atoms with Gasteiger partial charge in [-0.15, -0.1) is 0 Å². The zero-order valence-electron chi connectivity index (χ0n) is 35.4. The van der Waals surface area contributed by atoms with E-state index >= 15 is 0 Å². The van der Waals surface area contributed by atoms with E-state index in [9.17, 15) is 33.3 Å². The maximum Gasteiger partial charge on any atom is 0.416 e. The van der Waals surface area contributed by atoms with Crippen molar-refractivity contribution in [3.63, 3.8) is 0 Å². The number of aliphatic hydroxyl groups excluding tert-OH is 2. The number of hydrogen-bond acceptors (Lipinski definition) is 6. The lowest BCUT2D eigenvalue weighted by atomic mass is 9.49. The van der Waals surface area contributed by atoms with Gasteiger partial charge in [-0.3, -0.25) is 9.69 Å². The van der Waals surface area contributed by atoms with E-state index < -0.39 is 40.7 Å². The van der Waals surface area contributed by atoms with Crippen LogP contribution in [0.15, 0.2) is 84.4 Å². The number of carbonyl (C=O) groups is 1. The van der Waals surface area contributed by atoms with Crippen LogP contribution in [0.25, 0.3) is 0 Å². The van der Waals surface area contributed by atoms with Gasteiger partial charge in [0.05, 0.1) is 36.6 Å². The monoisotopic (exact) mass is 827 g/mol. The third-order valence-electron chi connectivity index (χ3n) is 15.5. The summed E-state index contributed by atoms with van der Waals surface area (Å²) in [6.45, 7) is 6.37. The first kappa shape index (κ1) is 43.3. The fourth-order valence-corrected chi connectivity index (χ4v) is 12.9. The third-order valence-corrected chi connectivity index (χ3v) is 15.5. The number of nitrogens with zero attached hydrogens (tertiary/aromatic N) is 1. The summed E-state index contributed by atoms with van der Waals surface area (Å²) in [7, 11) is 0. The zero-order chi connectivity index (χ0) is 42.3. The molecule has 0 radical (unpaired) electrons. The molecule has 5 fully saturated rings. The molecule has 324 valence electrons. The summed E-state index contributed by atoms with van der Waals surface area (Å²) in [4.78, 5) is 16.9. The van der Waals surface area contributed by atoms with Crippen LogP contribution in [0.1, 0.15) is 135 Å². The van der Waals surface area contributed by atoms with Crippen LogP contribution in [-0.2, 0) is 23.9 Å². The predicted molar refractivity (Wildman–Crippen MR) is 227 cm³/mol. The van der Waals surface area contributed by atoms with Gasteiger partial charge in [-0.2, -0.15) is 13.2 Å². The van der Waals surface area contributed by atoms with Crippen LogP contribution < -0.4 is 0 Å². The molecule has 6 nitrogen and oxygen atoms in total. The number of hydrogen-bond donors (Lipinski definition) is 3. The first-order chi connectivity index (χ1) is 28.6. The molecule has 0 heterocycles. The molecular weight excluding hydrogens is 764 g/mol. The van der Waals surface area contributed by atoms with Crippen molar-refractivity contribution in [2.24, 2.45) is 28.6 Å². The van der Waals surface area contributed by atoms with Crippen molar-refractivity contribution in [2.45, 2.75) is 134 Å². The topological polar surface area (TPSA) is 90.2 Å². The maximum atomic E-state index is 14.5. The molecule has 7 aliphatic carbocycles. The largest absolute Gasteiger partial charge is 0.416 e. The molecule has 7 aliphatic rings. The highest BCUT2D eigenvalue weighted by Crippen LogP contribution is 2.62. The summed E-state index contributed by atoms with van der Waals surface area (Å²) in [5, 5.41) is 36.0. The van der Waals surface area contributed by atoms with Crippen molar-refractivity contribution < 1.29 is 38.0 Å². The Hall–Kier alpha value is -3.34. The van der Waals surface area contributed by atoms with Crippen LogP contribution in [0.3, 0.4) is 0 Å². The Kier molecular flexibility index (Phi) is 12.6. The van der Waals surface area contributed by atoms with Crippen molar-refractivity contribution in [1.82, 2.24) is 4.90 Å². The molecule has 3 N–H and O–H groups in total. The van der Waals surface area contributed by atoms with Crippen LogP contribution in [0.2, 0.25) is 0 Å². The van der Waals surface area contributed by atoms with Gasteiger partial charge in [0.2, 0.25) is 0 Å². The Labute approximate surface area is 354 Å². The molecule has 60 heavy (non-hydrogen) atoms. The van der Waals surface area contributed by atoms with Crippen LogP contribution in [0, 0.1) is 28.6 Å². The van der Waals surface area contributed by atoms with Gasteiger partial charge in [-0.25, -0.2) is 0 Å². The van der Waals surface area contributed by atoms with Gasteiger partial charge in [-0.05, 0) is 154 Å². The molecule has 3 aromatic carbocycles. The molecule has 3 aromatic rings. The van der Waals surface area contributed by atoms with Gasteiger partial charge in [-0.1, -0.05) is 73.2 Å². The van der Waals surface area contributed by atoms with Gasteiger partial charge in [0.15, 0.2) is 5.78 Å². The zero-order valence-corrected chi connectivity index (χ0v) is 35.4. The van der Waals surface area contributed by atoms with Gasteiger partial charge < -0.3 is 20.1 Å². The molecule has 9 heteroatoms. The first-order valence-electron chi connectivity index (χ1n) is 22.5. The van der Waals surface area contributed by atoms with Crippen molar-refractivity contribution in [3.8, 4) is 0 Å². The molecular formula is C51H64F3NO5. The lowest BCUT2D eigenvalue weighted by Crippen LogP contribution is -2.57. The molecule has 5 atom stereocenters. The summed E-state index contributed by atoms with van der Waals surface area (Å²) < 4.78 is 47.7. The number of alkyl halides is 3. The number of benzene rings is 3. The van der Waals surface area contributed by atoms with Crippen molar-refractivity contribution in [1.29, 1.82) is 0 Å². The normalized spacial score (nSPS) is 32.1. The number of ether oxygens (including phenoxy) is 1. The summed E-state index contributed by atoms with van der Waals surface area (Å²) in [6, 6.07) is 20.2. The molecule has 0 aliphatic heterocycles. The average Bonchev–Trinajstić information content (AvgIpc) is 3.44. The number of allylic oxidation sites excluding steroid dienone is 2. The summed E-state index contributed by atoms with van der Waals surface area (Å²) in [5.74, 6) is 1.49. The van der Waals surface area contributed by atoms with E-state index in [1.54, 1.807) is 6.07 Å². The van der Waals surface area contributed by atoms with Crippen LogP contribution in [-0.4, -0.2) is 70.1 Å². The number of fused-ring (bicyclic) bond motifs is 8. The number of rotatable bonds is 12. The second-order valence-corrected chi connectivity index (χ2v) is 20.1. The van der Waals surface area contributed by atoms with Crippen molar-refractivity contribution in [3.05, 3.63) is 118 Å². The van der Waals surface area contributed by atoms with E-state index in [0.717, 1.165) is 53.1 Å². The third kappa shape index (κ3) is 9.36. The minimum Gasteiger partial charge on any atom is -0.393 e. The molecule has 0 amide bonds. The van der Waals surface area contributed by atoms with Crippen LogP contribution in [0.4, 0.5) is 13.2 Å². The van der Waals surface area contributed by atoms with E-state index in [-0.39, 0.29) is 23.5 Å². The van der Waals surface area contributed by atoms with E-state index in [1.807, 2.05) is 42.5 Å². The SMILES string of the molecule is CC1=CCC[C@@]2(C)[C@@H](CC[C@@]2(O)CN(C[C@@H](O)COCc2ccccc2)CC23CC4CC(CC(C4)C2)C3)c2ccc(cc2C(=O)c2cccc(C(F)(F)F)c2)C[C@@H](O)CC1. The average molecular weight is 828 g/mol. The van der Waals surface area contributed by atoms with Gasteiger partial charge in [0, 0.05) is 36.2 Å². The molecule has 10 rings (SSSR count). The second-order valence-electron chi connectivity index (χ2n) is 20.1. The fraction of sp³-hybridized carbons (Fsp3) is 0.588. The lowest BCUT2D eigenvalue weighted by Gasteiger charge is -2.58. The number of carbonyl (C=O) groups excluding carboxylic acids is 1. The highest BCUT2D eigenvalue weighted by Gasteiger charge is 2.58. The standard InChI is InChI=1S/C51H64F3NO5/c1-34-8-7-18-48(2)46(44-16-14-36(23-42(56)15-13-34)24-45(44)47(58)40-11-6-12-41(25-40)51(52,53)54)17-19-50(48,59)33-55(29-43(57)31-60-30-35-9-4-3-5-10-35)32-49-26-37-20-38(27-49)22-39(21-37)28-49/h3-6,8-12,14,16,24-25,37-39,42-43,46,56-57,59H,7,13,15,17-23,26-33H2,1-2H3/t37?,38?,39?,42-,43+,46-,48-,49?,50+/m0/s1. The van der Waals surface area contributed by atoms with E-state index in [1.165, 1.54) is 56.2 Å². The molecule has 0 saturated heterocycles. The van der Waals surface area contributed by atoms with Gasteiger partial charge >= 0.3 is 6.18 Å². The van der Waals surface area contributed by atoms with E-state index in [2.05, 4.69) is 24.8 Å². The van der Waals surface area contributed by atoms with Crippen LogP contribution >= 0.6 is 0 Å². The Morgan fingerprint density at radius 3 is 2.33 bits per heavy atom.